The zero-order valence-corrected chi connectivity index (χ0v) is 15.2. The number of nitrogens with zero attached hydrogens (tertiary/aromatic N) is 1. The quantitative estimate of drug-likeness (QED) is 0.753. The van der Waals surface area contributed by atoms with Crippen LogP contribution in [0, 0.1) is 11.7 Å². The molecule has 0 spiro atoms. The van der Waals surface area contributed by atoms with Gasteiger partial charge >= 0.3 is 12.1 Å². The van der Waals surface area contributed by atoms with E-state index in [2.05, 4.69) is 10.2 Å². The van der Waals surface area contributed by atoms with Crippen molar-refractivity contribution in [1.29, 1.82) is 0 Å². The number of carbonyl (C=O) groups is 2. The molecule has 6 nitrogen and oxygen atoms in total. The highest BCUT2D eigenvalue weighted by atomic mass is 19.4. The number of aliphatic carboxylic acids is 1. The molecule has 28 heavy (non-hydrogen) atoms. The lowest BCUT2D eigenvalue weighted by Crippen LogP contribution is -2.52. The number of nitrogens with one attached hydrogen (secondary N) is 1. The van der Waals surface area contributed by atoms with Crippen LogP contribution in [-0.4, -0.2) is 60.4 Å². The third kappa shape index (κ3) is 5.90. The Morgan fingerprint density at radius 2 is 1.89 bits per heavy atom. The molecular weight excluding hydrogens is 384 g/mol. The lowest BCUT2D eigenvalue weighted by molar-refractivity contribution is -0.192. The normalized spacial score (nSPS) is 24.7. The minimum absolute atomic E-state index is 0.0326. The molecule has 3 rings (SSSR count). The zero-order chi connectivity index (χ0) is 20.9. The Morgan fingerprint density at radius 1 is 1.29 bits per heavy atom. The first-order valence-electron chi connectivity index (χ1n) is 8.73. The SMILES string of the molecule is CNC(=O)[C@H]1C[C@H]2OCC[C@H]2N(Cc2ccc(F)cc2)C1.O=C(O)C(F)(F)F. The van der Waals surface area contributed by atoms with Crippen LogP contribution in [0.25, 0.3) is 0 Å². The van der Waals surface area contributed by atoms with Crippen molar-refractivity contribution >= 4 is 11.9 Å². The number of halogens is 4. The molecule has 0 bridgehead atoms. The van der Waals surface area contributed by atoms with Crippen LogP contribution in [0.1, 0.15) is 18.4 Å². The lowest BCUT2D eigenvalue weighted by Gasteiger charge is -2.40. The Morgan fingerprint density at radius 3 is 2.43 bits per heavy atom. The van der Waals surface area contributed by atoms with E-state index in [9.17, 15) is 22.4 Å². The molecule has 0 saturated carbocycles. The average molecular weight is 406 g/mol. The highest BCUT2D eigenvalue weighted by Crippen LogP contribution is 2.32. The number of carbonyl (C=O) groups excluding carboxylic acids is 1. The molecule has 156 valence electrons. The molecule has 0 unspecified atom stereocenters. The summed E-state index contributed by atoms with van der Waals surface area (Å²) in [7, 11) is 1.67. The summed E-state index contributed by atoms with van der Waals surface area (Å²) in [5, 5.41) is 9.86. The van der Waals surface area contributed by atoms with E-state index < -0.39 is 12.1 Å². The third-order valence-corrected chi connectivity index (χ3v) is 4.77. The number of rotatable bonds is 3. The number of hydrogen-bond donors (Lipinski definition) is 2. The van der Waals surface area contributed by atoms with Crippen molar-refractivity contribution in [1.82, 2.24) is 10.2 Å². The summed E-state index contributed by atoms with van der Waals surface area (Å²) in [6.45, 7) is 2.23. The van der Waals surface area contributed by atoms with Gasteiger partial charge in [0.1, 0.15) is 5.82 Å². The molecule has 10 heteroatoms. The maximum Gasteiger partial charge on any atom is 0.490 e. The van der Waals surface area contributed by atoms with Gasteiger partial charge in [-0.05, 0) is 30.5 Å². The molecule has 1 aromatic rings. The smallest absolute Gasteiger partial charge is 0.475 e. The predicted molar refractivity (Wildman–Crippen MR) is 90.8 cm³/mol. The van der Waals surface area contributed by atoms with Crippen LogP contribution in [0.2, 0.25) is 0 Å². The van der Waals surface area contributed by atoms with Crippen molar-refractivity contribution in [2.24, 2.45) is 5.92 Å². The van der Waals surface area contributed by atoms with E-state index in [-0.39, 0.29) is 23.7 Å². The van der Waals surface area contributed by atoms with Crippen LogP contribution in [0.5, 0.6) is 0 Å². The summed E-state index contributed by atoms with van der Waals surface area (Å²) in [4.78, 5) is 23.2. The summed E-state index contributed by atoms with van der Waals surface area (Å²) in [6.07, 6.45) is -3.14. The molecule has 1 amide bonds. The number of ether oxygens (including phenoxy) is 1. The number of fused-ring (bicyclic) bond motifs is 1. The minimum atomic E-state index is -5.08. The molecule has 2 aliphatic rings. The molecule has 2 heterocycles. The number of hydrogen-bond acceptors (Lipinski definition) is 4. The van der Waals surface area contributed by atoms with Gasteiger partial charge in [0.2, 0.25) is 5.91 Å². The van der Waals surface area contributed by atoms with Gasteiger partial charge in [-0.2, -0.15) is 13.2 Å². The fourth-order valence-corrected chi connectivity index (χ4v) is 3.45. The summed E-state index contributed by atoms with van der Waals surface area (Å²) in [5.74, 6) is -2.93. The van der Waals surface area contributed by atoms with Gasteiger partial charge in [-0.25, -0.2) is 9.18 Å². The first kappa shape index (κ1) is 22.1. The fourth-order valence-electron chi connectivity index (χ4n) is 3.45. The molecule has 2 aliphatic heterocycles. The third-order valence-electron chi connectivity index (χ3n) is 4.77. The van der Waals surface area contributed by atoms with E-state index in [0.29, 0.717) is 6.04 Å². The fraction of sp³-hybridized carbons (Fsp3) is 0.556. The summed E-state index contributed by atoms with van der Waals surface area (Å²) in [5.41, 5.74) is 1.07. The number of piperidine rings is 1. The van der Waals surface area contributed by atoms with Gasteiger partial charge in [-0.3, -0.25) is 9.69 Å². The van der Waals surface area contributed by atoms with Gasteiger partial charge in [0.25, 0.3) is 0 Å². The molecule has 0 aliphatic carbocycles. The maximum absolute atomic E-state index is 13.0. The second-order valence-corrected chi connectivity index (χ2v) is 6.67. The number of likely N-dealkylation sites (tertiary alicyclic amines) is 1. The van der Waals surface area contributed by atoms with E-state index in [1.54, 1.807) is 7.05 Å². The van der Waals surface area contributed by atoms with E-state index in [1.165, 1.54) is 12.1 Å². The van der Waals surface area contributed by atoms with Crippen LogP contribution < -0.4 is 5.32 Å². The second-order valence-electron chi connectivity index (χ2n) is 6.67. The van der Waals surface area contributed by atoms with E-state index >= 15 is 0 Å². The Kier molecular flexibility index (Phi) is 7.36. The standard InChI is InChI=1S/C16H21FN2O2.C2HF3O2/c1-18-16(20)12-8-15-14(6-7-21-15)19(10-12)9-11-2-4-13(17)5-3-11;3-2(4,5)1(6)7/h2-5,12,14-15H,6-10H2,1H3,(H,18,20);(H,6,7)/t12-,14+,15+;/m0./s1. The second kappa shape index (κ2) is 9.33. The van der Waals surface area contributed by atoms with Crippen LogP contribution in [-0.2, 0) is 20.9 Å². The van der Waals surface area contributed by atoms with Crippen LogP contribution in [0.3, 0.4) is 0 Å². The monoisotopic (exact) mass is 406 g/mol. The van der Waals surface area contributed by atoms with E-state index in [0.717, 1.165) is 38.1 Å². The van der Waals surface area contributed by atoms with Crippen molar-refractivity contribution in [3.63, 3.8) is 0 Å². The first-order chi connectivity index (χ1) is 13.1. The summed E-state index contributed by atoms with van der Waals surface area (Å²) >= 11 is 0. The van der Waals surface area contributed by atoms with Gasteiger partial charge in [0.05, 0.1) is 12.0 Å². The van der Waals surface area contributed by atoms with Crippen molar-refractivity contribution in [3.8, 4) is 0 Å². The van der Waals surface area contributed by atoms with Crippen molar-refractivity contribution in [2.45, 2.75) is 37.7 Å². The number of carboxylic acid groups (broad SMARTS) is 1. The van der Waals surface area contributed by atoms with Gasteiger partial charge < -0.3 is 15.2 Å². The molecule has 0 aromatic heterocycles. The van der Waals surface area contributed by atoms with Gasteiger partial charge in [0, 0.05) is 32.8 Å². The molecule has 3 atom stereocenters. The predicted octanol–water partition coefficient (Wildman–Crippen LogP) is 2.18. The number of alkyl halides is 3. The number of benzene rings is 1. The average Bonchev–Trinajstić information content (AvgIpc) is 3.11. The summed E-state index contributed by atoms with van der Waals surface area (Å²) in [6, 6.07) is 6.96. The molecule has 0 radical (unpaired) electrons. The number of amides is 1. The summed E-state index contributed by atoms with van der Waals surface area (Å²) < 4.78 is 50.5. The Labute approximate surface area is 159 Å². The Hall–Kier alpha value is -2.20. The van der Waals surface area contributed by atoms with Crippen LogP contribution in [0.15, 0.2) is 24.3 Å². The van der Waals surface area contributed by atoms with Crippen molar-refractivity contribution in [2.75, 3.05) is 20.2 Å². The largest absolute Gasteiger partial charge is 0.490 e. The molecule has 2 saturated heterocycles. The molecule has 2 N–H and O–H groups in total. The maximum atomic E-state index is 13.0. The zero-order valence-electron chi connectivity index (χ0n) is 15.2. The van der Waals surface area contributed by atoms with Gasteiger partial charge in [-0.15, -0.1) is 0 Å². The topological polar surface area (TPSA) is 78.9 Å². The van der Waals surface area contributed by atoms with Crippen molar-refractivity contribution < 1.29 is 37.0 Å². The van der Waals surface area contributed by atoms with E-state index in [1.807, 2.05) is 12.1 Å². The van der Waals surface area contributed by atoms with E-state index in [4.69, 9.17) is 14.6 Å². The molecular formula is C18H22F4N2O4. The van der Waals surface area contributed by atoms with Gasteiger partial charge in [0.15, 0.2) is 0 Å². The highest BCUT2D eigenvalue weighted by molar-refractivity contribution is 5.78. The Balaban J connectivity index is 0.000000345. The number of carboxylic acids is 1. The van der Waals surface area contributed by atoms with Gasteiger partial charge in [-0.1, -0.05) is 12.1 Å². The first-order valence-corrected chi connectivity index (χ1v) is 8.73. The highest BCUT2D eigenvalue weighted by Gasteiger charge is 2.42. The van der Waals surface area contributed by atoms with Crippen molar-refractivity contribution in [3.05, 3.63) is 35.6 Å². The van der Waals surface area contributed by atoms with Crippen LogP contribution in [0.4, 0.5) is 17.6 Å². The molecule has 2 fully saturated rings. The Bertz CT molecular complexity index is 681. The lowest BCUT2D eigenvalue weighted by atomic mass is 9.89. The molecule has 1 aromatic carbocycles. The minimum Gasteiger partial charge on any atom is -0.475 e. The van der Waals surface area contributed by atoms with Crippen LogP contribution >= 0.6 is 0 Å².